The molecular formula is C21H25ClN6O. The molecule has 0 bridgehead atoms. The molecule has 0 radical (unpaired) electrons. The van der Waals surface area contributed by atoms with Gasteiger partial charge in [-0.1, -0.05) is 24.6 Å². The molecule has 8 heteroatoms. The summed E-state index contributed by atoms with van der Waals surface area (Å²) in [6.07, 6.45) is 6.31. The highest BCUT2D eigenvalue weighted by Crippen LogP contribution is 2.29. The molecule has 1 atom stereocenters. The molecule has 2 amide bonds. The molecule has 1 aliphatic rings. The maximum atomic E-state index is 13.0. The number of hydrogen-bond donors (Lipinski definition) is 2. The number of aromatic amines is 1. The second-order valence-electron chi connectivity index (χ2n) is 7.32. The number of rotatable bonds is 5. The molecule has 1 unspecified atom stereocenters. The first-order valence-corrected chi connectivity index (χ1v) is 10.4. The number of nitrogens with one attached hydrogen (secondary N) is 2. The normalized spacial score (nSPS) is 16.8. The molecule has 29 heavy (non-hydrogen) atoms. The Morgan fingerprint density at radius 3 is 2.93 bits per heavy atom. The van der Waals surface area contributed by atoms with Gasteiger partial charge in [0.2, 0.25) is 0 Å². The first-order valence-electron chi connectivity index (χ1n) is 10.0. The van der Waals surface area contributed by atoms with Crippen molar-refractivity contribution in [1.29, 1.82) is 0 Å². The summed E-state index contributed by atoms with van der Waals surface area (Å²) in [7, 11) is 0. The number of anilines is 1. The Labute approximate surface area is 175 Å². The SMILES string of the molecule is CCCN(NC(=O)N1CCCC(c2nc3c(Cl)cccc3[nH]2)C1)c1ccncc1. The highest BCUT2D eigenvalue weighted by Gasteiger charge is 2.28. The second kappa shape index (κ2) is 8.69. The third kappa shape index (κ3) is 4.29. The van der Waals surface area contributed by atoms with Crippen LogP contribution in [0.1, 0.15) is 37.9 Å². The number of pyridine rings is 1. The van der Waals surface area contributed by atoms with Crippen molar-refractivity contribution in [2.75, 3.05) is 24.6 Å². The molecule has 0 saturated carbocycles. The predicted molar refractivity (Wildman–Crippen MR) is 115 cm³/mol. The summed E-state index contributed by atoms with van der Waals surface area (Å²) in [6, 6.07) is 9.43. The smallest absolute Gasteiger partial charge is 0.336 e. The number of para-hydroxylation sites is 1. The van der Waals surface area contributed by atoms with Crippen molar-refractivity contribution in [2.24, 2.45) is 0 Å². The minimum Gasteiger partial charge on any atom is -0.342 e. The largest absolute Gasteiger partial charge is 0.342 e. The average Bonchev–Trinajstić information content (AvgIpc) is 3.20. The van der Waals surface area contributed by atoms with Gasteiger partial charge in [0, 0.05) is 37.9 Å². The van der Waals surface area contributed by atoms with Gasteiger partial charge in [-0.05, 0) is 43.5 Å². The van der Waals surface area contributed by atoms with E-state index in [4.69, 9.17) is 16.6 Å². The first-order chi connectivity index (χ1) is 14.2. The first kappa shape index (κ1) is 19.5. The third-order valence-corrected chi connectivity index (χ3v) is 5.53. The Kier molecular flexibility index (Phi) is 5.85. The number of halogens is 1. The summed E-state index contributed by atoms with van der Waals surface area (Å²) in [5.74, 6) is 1.06. The molecule has 7 nitrogen and oxygen atoms in total. The van der Waals surface area contributed by atoms with Crippen molar-refractivity contribution >= 4 is 34.4 Å². The van der Waals surface area contributed by atoms with Crippen LogP contribution >= 0.6 is 11.6 Å². The number of H-pyrrole nitrogens is 1. The van der Waals surface area contributed by atoms with Crippen LogP contribution in [0.5, 0.6) is 0 Å². The van der Waals surface area contributed by atoms with Crippen LogP contribution in [0.15, 0.2) is 42.7 Å². The lowest BCUT2D eigenvalue weighted by molar-refractivity contribution is 0.177. The van der Waals surface area contributed by atoms with Gasteiger partial charge in [-0.2, -0.15) is 0 Å². The fourth-order valence-electron chi connectivity index (χ4n) is 3.78. The lowest BCUT2D eigenvalue weighted by atomic mass is 9.98. The topological polar surface area (TPSA) is 77.2 Å². The number of carbonyl (C=O) groups is 1. The number of hydrogen-bond acceptors (Lipinski definition) is 4. The maximum Gasteiger partial charge on any atom is 0.336 e. The Morgan fingerprint density at radius 2 is 2.17 bits per heavy atom. The number of aromatic nitrogens is 3. The van der Waals surface area contributed by atoms with Crippen LogP contribution < -0.4 is 10.4 Å². The van der Waals surface area contributed by atoms with E-state index < -0.39 is 0 Å². The zero-order valence-electron chi connectivity index (χ0n) is 16.4. The Bertz CT molecular complexity index is 976. The van der Waals surface area contributed by atoms with Crippen molar-refractivity contribution in [3.63, 3.8) is 0 Å². The lowest BCUT2D eigenvalue weighted by Gasteiger charge is -2.34. The number of nitrogens with zero attached hydrogens (tertiary/aromatic N) is 4. The van der Waals surface area contributed by atoms with Crippen LogP contribution in [0.3, 0.4) is 0 Å². The molecule has 3 heterocycles. The minimum absolute atomic E-state index is 0.0888. The molecule has 0 spiro atoms. The van der Waals surface area contributed by atoms with Crippen LogP contribution in [0, 0.1) is 0 Å². The maximum absolute atomic E-state index is 13.0. The number of imidazole rings is 1. The quantitative estimate of drug-likeness (QED) is 0.611. The van der Waals surface area contributed by atoms with Crippen LogP contribution in [0.2, 0.25) is 5.02 Å². The van der Waals surface area contributed by atoms with Gasteiger partial charge >= 0.3 is 6.03 Å². The Balaban J connectivity index is 1.47. The molecule has 152 valence electrons. The van der Waals surface area contributed by atoms with E-state index in [-0.39, 0.29) is 11.9 Å². The average molecular weight is 413 g/mol. The van der Waals surface area contributed by atoms with Gasteiger partial charge in [0.05, 0.1) is 16.2 Å². The number of fused-ring (bicyclic) bond motifs is 1. The van der Waals surface area contributed by atoms with Gasteiger partial charge in [0.15, 0.2) is 0 Å². The monoisotopic (exact) mass is 412 g/mol. The number of carbonyl (C=O) groups excluding carboxylic acids is 1. The van der Waals surface area contributed by atoms with Crippen molar-refractivity contribution in [3.05, 3.63) is 53.6 Å². The number of hydrazine groups is 1. The molecule has 1 fully saturated rings. The molecular weight excluding hydrogens is 388 g/mol. The van der Waals surface area contributed by atoms with Crippen LogP contribution in [-0.2, 0) is 0 Å². The summed E-state index contributed by atoms with van der Waals surface area (Å²) in [6.45, 7) is 4.18. The van der Waals surface area contributed by atoms with E-state index in [9.17, 15) is 4.79 Å². The Morgan fingerprint density at radius 1 is 1.34 bits per heavy atom. The molecule has 3 aromatic rings. The van der Waals surface area contributed by atoms with Crippen molar-refractivity contribution in [2.45, 2.75) is 32.1 Å². The molecule has 2 aromatic heterocycles. The third-order valence-electron chi connectivity index (χ3n) is 5.23. The number of amides is 2. The molecule has 4 rings (SSSR count). The molecule has 2 N–H and O–H groups in total. The molecule has 1 aliphatic heterocycles. The summed E-state index contributed by atoms with van der Waals surface area (Å²) >= 11 is 6.27. The minimum atomic E-state index is -0.0888. The van der Waals surface area contributed by atoms with Gasteiger partial charge in [-0.3, -0.25) is 9.99 Å². The van der Waals surface area contributed by atoms with E-state index in [1.165, 1.54) is 0 Å². The summed E-state index contributed by atoms with van der Waals surface area (Å²) in [5.41, 5.74) is 5.70. The van der Waals surface area contributed by atoms with Crippen molar-refractivity contribution in [3.8, 4) is 0 Å². The van der Waals surface area contributed by atoms with E-state index in [0.717, 1.165) is 54.9 Å². The fraction of sp³-hybridized carbons (Fsp3) is 0.381. The summed E-state index contributed by atoms with van der Waals surface area (Å²) < 4.78 is 0. The van der Waals surface area contributed by atoms with Crippen LogP contribution in [0.4, 0.5) is 10.5 Å². The molecule has 1 aromatic carbocycles. The zero-order chi connectivity index (χ0) is 20.2. The second-order valence-corrected chi connectivity index (χ2v) is 7.72. The number of piperidine rings is 1. The number of likely N-dealkylation sites (tertiary alicyclic amines) is 1. The molecule has 0 aliphatic carbocycles. The van der Waals surface area contributed by atoms with E-state index in [2.05, 4.69) is 22.3 Å². The van der Waals surface area contributed by atoms with Gasteiger partial charge in [0.25, 0.3) is 0 Å². The van der Waals surface area contributed by atoms with Crippen LogP contribution in [-0.4, -0.2) is 45.5 Å². The number of benzene rings is 1. The highest BCUT2D eigenvalue weighted by atomic mass is 35.5. The van der Waals surface area contributed by atoms with Gasteiger partial charge in [-0.25, -0.2) is 15.2 Å². The van der Waals surface area contributed by atoms with Gasteiger partial charge < -0.3 is 9.88 Å². The zero-order valence-corrected chi connectivity index (χ0v) is 17.2. The van der Waals surface area contributed by atoms with Crippen LogP contribution in [0.25, 0.3) is 11.0 Å². The Hall–Kier alpha value is -2.80. The van der Waals surface area contributed by atoms with Gasteiger partial charge in [0.1, 0.15) is 11.3 Å². The predicted octanol–water partition coefficient (Wildman–Crippen LogP) is 4.33. The summed E-state index contributed by atoms with van der Waals surface area (Å²) in [4.78, 5) is 27.0. The van der Waals surface area contributed by atoms with Gasteiger partial charge in [-0.15, -0.1) is 0 Å². The summed E-state index contributed by atoms with van der Waals surface area (Å²) in [5, 5.41) is 2.53. The van der Waals surface area contributed by atoms with E-state index in [1.54, 1.807) is 12.4 Å². The molecule has 1 saturated heterocycles. The van der Waals surface area contributed by atoms with Crippen molar-refractivity contribution in [1.82, 2.24) is 25.3 Å². The van der Waals surface area contributed by atoms with Crippen molar-refractivity contribution < 1.29 is 4.79 Å². The highest BCUT2D eigenvalue weighted by molar-refractivity contribution is 6.34. The van der Waals surface area contributed by atoms with E-state index in [0.29, 0.717) is 11.6 Å². The fourth-order valence-corrected chi connectivity index (χ4v) is 3.99. The van der Waals surface area contributed by atoms with E-state index >= 15 is 0 Å². The lowest BCUT2D eigenvalue weighted by Crippen LogP contribution is -2.52. The number of urea groups is 1. The van der Waals surface area contributed by atoms with E-state index in [1.807, 2.05) is 40.2 Å². The standard InChI is InChI=1S/C21H25ClN6O/c1-2-12-28(16-8-10-23-11-9-16)26-21(29)27-13-4-5-15(14-27)20-24-18-7-3-6-17(22)19(18)25-20/h3,6-11,15H,2,4-5,12-14H2,1H3,(H,24,25)(H,26,29).